The van der Waals surface area contributed by atoms with Crippen molar-refractivity contribution in [3.05, 3.63) is 58.1 Å². The van der Waals surface area contributed by atoms with Crippen molar-refractivity contribution in [2.45, 2.75) is 19.4 Å². The number of nitrogens with one attached hydrogen (secondary N) is 2. The average Bonchev–Trinajstić information content (AvgIpc) is 3.18. The molecule has 7 nitrogen and oxygen atoms in total. The van der Waals surface area contributed by atoms with Crippen LogP contribution < -0.4 is 10.6 Å². The molecule has 0 aliphatic carbocycles. The van der Waals surface area contributed by atoms with Crippen molar-refractivity contribution >= 4 is 46.7 Å². The quantitative estimate of drug-likeness (QED) is 0.671. The van der Waals surface area contributed by atoms with Crippen LogP contribution in [-0.4, -0.2) is 26.6 Å². The Morgan fingerprint density at radius 2 is 1.96 bits per heavy atom. The number of fused-ring (bicyclic) bond motifs is 1. The molecule has 2 N–H and O–H groups in total. The highest BCUT2D eigenvalue weighted by atomic mass is 35.5. The third-order valence-electron chi connectivity index (χ3n) is 4.40. The van der Waals surface area contributed by atoms with Crippen LogP contribution >= 0.6 is 23.2 Å². The predicted octanol–water partition coefficient (Wildman–Crippen LogP) is 4.08. The molecule has 0 saturated carbocycles. The molecule has 0 radical (unpaired) electrons. The maximum Gasteiger partial charge on any atom is 0.252 e. The molecule has 28 heavy (non-hydrogen) atoms. The summed E-state index contributed by atoms with van der Waals surface area (Å²) in [6.07, 6.45) is -0.0756. The van der Waals surface area contributed by atoms with Crippen LogP contribution in [0.2, 0.25) is 10.0 Å². The Hall–Kier alpha value is -2.90. The molecule has 2 aromatic carbocycles. The smallest absolute Gasteiger partial charge is 0.252 e. The van der Waals surface area contributed by atoms with Crippen molar-refractivity contribution in [1.29, 1.82) is 0 Å². The van der Waals surface area contributed by atoms with Crippen LogP contribution in [0.3, 0.4) is 0 Å². The molecule has 9 heteroatoms. The number of amides is 2. The third-order valence-corrected chi connectivity index (χ3v) is 5.06. The van der Waals surface area contributed by atoms with Crippen molar-refractivity contribution in [2.24, 2.45) is 0 Å². The predicted molar refractivity (Wildman–Crippen MR) is 108 cm³/mol. The second kappa shape index (κ2) is 7.26. The lowest BCUT2D eigenvalue weighted by Crippen LogP contribution is -2.23. The van der Waals surface area contributed by atoms with Crippen molar-refractivity contribution in [2.75, 3.05) is 10.6 Å². The number of halogens is 2. The SMILES string of the molecule is Cc1ccc(NC(=O)C[C@@H]2C(=O)Nc3nc(-c4ccc(Cl)cc4)nn32)cc1Cl. The van der Waals surface area contributed by atoms with Gasteiger partial charge in [-0.25, -0.2) is 4.68 Å². The zero-order valence-electron chi connectivity index (χ0n) is 14.7. The van der Waals surface area contributed by atoms with E-state index in [1.165, 1.54) is 4.68 Å². The van der Waals surface area contributed by atoms with Gasteiger partial charge in [0.05, 0.1) is 6.42 Å². The Kier molecular flexibility index (Phi) is 4.78. The van der Waals surface area contributed by atoms with E-state index in [0.29, 0.717) is 27.5 Å². The lowest BCUT2D eigenvalue weighted by Gasteiger charge is -2.10. The second-order valence-electron chi connectivity index (χ2n) is 6.43. The van der Waals surface area contributed by atoms with E-state index in [9.17, 15) is 9.59 Å². The van der Waals surface area contributed by atoms with Gasteiger partial charge < -0.3 is 5.32 Å². The summed E-state index contributed by atoms with van der Waals surface area (Å²) in [5.41, 5.74) is 2.24. The first-order chi connectivity index (χ1) is 13.4. The Balaban J connectivity index is 1.51. The summed E-state index contributed by atoms with van der Waals surface area (Å²) < 4.78 is 1.44. The van der Waals surface area contributed by atoms with Crippen LogP contribution in [0.4, 0.5) is 11.6 Å². The van der Waals surface area contributed by atoms with Gasteiger partial charge in [0.15, 0.2) is 5.82 Å². The summed E-state index contributed by atoms with van der Waals surface area (Å²) in [6, 6.07) is 11.5. The molecule has 0 saturated heterocycles. The molecule has 2 heterocycles. The van der Waals surface area contributed by atoms with Gasteiger partial charge in [-0.15, -0.1) is 5.10 Å². The number of rotatable bonds is 4. The molecule has 1 aromatic heterocycles. The van der Waals surface area contributed by atoms with Gasteiger partial charge in [0, 0.05) is 21.3 Å². The van der Waals surface area contributed by atoms with Crippen LogP contribution in [0.5, 0.6) is 0 Å². The number of nitrogens with zero attached hydrogens (tertiary/aromatic N) is 3. The van der Waals surface area contributed by atoms with Crippen LogP contribution in [0.15, 0.2) is 42.5 Å². The normalized spacial score (nSPS) is 15.2. The zero-order chi connectivity index (χ0) is 19.8. The minimum Gasteiger partial charge on any atom is -0.326 e. The van der Waals surface area contributed by atoms with Crippen LogP contribution in [-0.2, 0) is 9.59 Å². The number of hydrogen-bond acceptors (Lipinski definition) is 4. The maximum absolute atomic E-state index is 12.4. The van der Waals surface area contributed by atoms with Gasteiger partial charge >= 0.3 is 0 Å². The highest BCUT2D eigenvalue weighted by Crippen LogP contribution is 2.29. The van der Waals surface area contributed by atoms with Crippen molar-refractivity contribution < 1.29 is 9.59 Å². The number of carbonyl (C=O) groups excluding carboxylic acids is 2. The van der Waals surface area contributed by atoms with E-state index in [1.54, 1.807) is 36.4 Å². The van der Waals surface area contributed by atoms with Crippen molar-refractivity contribution in [1.82, 2.24) is 14.8 Å². The first-order valence-electron chi connectivity index (χ1n) is 8.50. The lowest BCUT2D eigenvalue weighted by atomic mass is 10.2. The number of aryl methyl sites for hydroxylation is 1. The van der Waals surface area contributed by atoms with Gasteiger partial charge in [-0.2, -0.15) is 4.98 Å². The number of benzene rings is 2. The molecule has 0 unspecified atom stereocenters. The van der Waals surface area contributed by atoms with Gasteiger partial charge in [-0.05, 0) is 48.9 Å². The summed E-state index contributed by atoms with van der Waals surface area (Å²) in [5.74, 6) is 0.111. The molecule has 1 atom stereocenters. The minimum atomic E-state index is -0.774. The molecule has 0 spiro atoms. The van der Waals surface area contributed by atoms with Gasteiger partial charge in [-0.1, -0.05) is 29.3 Å². The molecule has 0 fully saturated rings. The molecule has 1 aliphatic rings. The van der Waals surface area contributed by atoms with E-state index in [-0.39, 0.29) is 18.2 Å². The van der Waals surface area contributed by atoms with Gasteiger partial charge in [0.1, 0.15) is 6.04 Å². The van der Waals surface area contributed by atoms with Gasteiger partial charge in [-0.3, -0.25) is 14.9 Å². The number of aromatic nitrogens is 3. The number of carbonyl (C=O) groups is 2. The average molecular weight is 416 g/mol. The van der Waals surface area contributed by atoms with E-state index >= 15 is 0 Å². The number of hydrogen-bond donors (Lipinski definition) is 2. The van der Waals surface area contributed by atoms with E-state index < -0.39 is 6.04 Å². The fourth-order valence-electron chi connectivity index (χ4n) is 2.89. The standard InChI is InChI=1S/C19H15Cl2N5O2/c1-10-2-7-13(8-14(10)21)22-16(27)9-15-18(28)24-19-23-17(25-26(15)19)11-3-5-12(20)6-4-11/h2-8,15H,9H2,1H3,(H,22,27)(H,23,24,25,28)/t15-/m1/s1. The Bertz CT molecular complexity index is 1080. The Morgan fingerprint density at radius 1 is 1.21 bits per heavy atom. The van der Waals surface area contributed by atoms with E-state index in [1.807, 2.05) is 13.0 Å². The van der Waals surface area contributed by atoms with Crippen LogP contribution in [0, 0.1) is 6.92 Å². The summed E-state index contributed by atoms with van der Waals surface area (Å²) in [5, 5.41) is 11.0. The molecule has 1 aliphatic heterocycles. The molecule has 4 rings (SSSR count). The van der Waals surface area contributed by atoms with Crippen molar-refractivity contribution in [3.63, 3.8) is 0 Å². The van der Waals surface area contributed by atoms with E-state index in [2.05, 4.69) is 20.7 Å². The highest BCUT2D eigenvalue weighted by Gasteiger charge is 2.35. The molecule has 3 aromatic rings. The van der Waals surface area contributed by atoms with E-state index in [0.717, 1.165) is 11.1 Å². The van der Waals surface area contributed by atoms with Gasteiger partial charge in [0.2, 0.25) is 11.9 Å². The molecule has 142 valence electrons. The lowest BCUT2D eigenvalue weighted by molar-refractivity contribution is -0.123. The minimum absolute atomic E-state index is 0.0756. The second-order valence-corrected chi connectivity index (χ2v) is 7.28. The van der Waals surface area contributed by atoms with E-state index in [4.69, 9.17) is 23.2 Å². The zero-order valence-corrected chi connectivity index (χ0v) is 16.3. The summed E-state index contributed by atoms with van der Waals surface area (Å²) in [7, 11) is 0. The number of anilines is 2. The summed E-state index contributed by atoms with van der Waals surface area (Å²) in [4.78, 5) is 29.0. The molecule has 2 amide bonds. The van der Waals surface area contributed by atoms with Crippen LogP contribution in [0.1, 0.15) is 18.0 Å². The monoisotopic (exact) mass is 415 g/mol. The summed E-state index contributed by atoms with van der Waals surface area (Å²) in [6.45, 7) is 1.88. The summed E-state index contributed by atoms with van der Waals surface area (Å²) >= 11 is 12.0. The fourth-order valence-corrected chi connectivity index (χ4v) is 3.20. The van der Waals surface area contributed by atoms with Crippen molar-refractivity contribution in [3.8, 4) is 11.4 Å². The topological polar surface area (TPSA) is 88.9 Å². The first kappa shape index (κ1) is 18.5. The maximum atomic E-state index is 12.4. The third kappa shape index (κ3) is 3.58. The Labute approximate surface area is 170 Å². The molecular weight excluding hydrogens is 401 g/mol. The molecule has 0 bridgehead atoms. The Morgan fingerprint density at radius 3 is 2.68 bits per heavy atom. The largest absolute Gasteiger partial charge is 0.326 e. The van der Waals surface area contributed by atoms with Crippen LogP contribution in [0.25, 0.3) is 11.4 Å². The fraction of sp³-hybridized carbons (Fsp3) is 0.158. The first-order valence-corrected chi connectivity index (χ1v) is 9.25. The van der Waals surface area contributed by atoms with Gasteiger partial charge in [0.25, 0.3) is 5.91 Å². The highest BCUT2D eigenvalue weighted by molar-refractivity contribution is 6.31. The molecular formula is C19H15Cl2N5O2.